The summed E-state index contributed by atoms with van der Waals surface area (Å²) in [5.74, 6) is -0.613. The van der Waals surface area contributed by atoms with E-state index in [2.05, 4.69) is 0 Å². The van der Waals surface area contributed by atoms with E-state index in [9.17, 15) is 17.2 Å². The molecule has 1 fully saturated rings. The van der Waals surface area contributed by atoms with Crippen molar-refractivity contribution in [2.45, 2.75) is 29.4 Å². The van der Waals surface area contributed by atoms with E-state index in [4.69, 9.17) is 14.5 Å². The summed E-state index contributed by atoms with van der Waals surface area (Å²) in [6.45, 7) is 0.880. The van der Waals surface area contributed by atoms with E-state index in [1.165, 1.54) is 11.3 Å². The zero-order valence-electron chi connectivity index (χ0n) is 18.3. The van der Waals surface area contributed by atoms with Gasteiger partial charge in [-0.15, -0.1) is 11.3 Å². The zero-order chi connectivity index (χ0) is 23.6. The molecule has 0 bridgehead atoms. The van der Waals surface area contributed by atoms with E-state index in [1.54, 1.807) is 14.2 Å². The minimum Gasteiger partial charge on any atom is -0.497 e. The first-order valence-corrected chi connectivity index (χ1v) is 12.8. The molecule has 4 rings (SSSR count). The monoisotopic (exact) mass is 494 g/mol. The molecule has 0 N–H and O–H groups in total. The number of thiazole rings is 1. The van der Waals surface area contributed by atoms with Gasteiger partial charge in [-0.1, -0.05) is 6.07 Å². The Labute approximate surface area is 195 Å². The van der Waals surface area contributed by atoms with Crippen molar-refractivity contribution < 1.29 is 26.7 Å². The molecule has 3 aromatic rings. The highest BCUT2D eigenvalue weighted by atomic mass is 32.2. The maximum atomic E-state index is 14.1. The van der Waals surface area contributed by atoms with Crippen molar-refractivity contribution >= 4 is 26.3 Å². The van der Waals surface area contributed by atoms with Gasteiger partial charge in [0.05, 0.1) is 25.2 Å². The van der Waals surface area contributed by atoms with Crippen LogP contribution in [0.15, 0.2) is 46.7 Å². The fourth-order valence-corrected chi connectivity index (χ4v) is 6.74. The third-order valence-corrected chi connectivity index (χ3v) is 9.01. The van der Waals surface area contributed by atoms with E-state index < -0.39 is 31.6 Å². The summed E-state index contributed by atoms with van der Waals surface area (Å²) in [6.07, 6.45) is 1.11. The lowest BCUT2D eigenvalue weighted by atomic mass is 10.1. The molecule has 2 heterocycles. The number of anilines is 1. The smallest absolute Gasteiger partial charge is 0.187 e. The van der Waals surface area contributed by atoms with Gasteiger partial charge >= 0.3 is 0 Å². The Morgan fingerprint density at radius 2 is 1.79 bits per heavy atom. The summed E-state index contributed by atoms with van der Waals surface area (Å²) < 4.78 is 64.6. The zero-order valence-corrected chi connectivity index (χ0v) is 19.9. The van der Waals surface area contributed by atoms with Crippen LogP contribution < -0.4 is 14.4 Å². The quantitative estimate of drug-likeness (QED) is 0.483. The first-order chi connectivity index (χ1) is 15.8. The summed E-state index contributed by atoms with van der Waals surface area (Å²) in [6, 6.07) is 8.70. The Hall–Kier alpha value is -2.72. The maximum absolute atomic E-state index is 14.1. The molecule has 6 nitrogen and oxygen atoms in total. The lowest BCUT2D eigenvalue weighted by Gasteiger charge is -2.31. The number of rotatable bonds is 7. The topological polar surface area (TPSA) is 68.7 Å². The van der Waals surface area contributed by atoms with Crippen molar-refractivity contribution in [1.29, 1.82) is 0 Å². The van der Waals surface area contributed by atoms with Gasteiger partial charge in [0.1, 0.15) is 28.0 Å². The number of hydrogen-bond acceptors (Lipinski definition) is 7. The minimum absolute atomic E-state index is 0.273. The molecule has 1 aliphatic heterocycles. The van der Waals surface area contributed by atoms with Gasteiger partial charge < -0.3 is 14.4 Å². The molecule has 10 heteroatoms. The van der Waals surface area contributed by atoms with Crippen LogP contribution in [0.2, 0.25) is 0 Å². The second-order valence-corrected chi connectivity index (χ2v) is 10.8. The van der Waals surface area contributed by atoms with E-state index in [1.807, 2.05) is 28.5 Å². The molecule has 176 valence electrons. The molecule has 0 atom stereocenters. The van der Waals surface area contributed by atoms with Crippen molar-refractivity contribution in [3.63, 3.8) is 0 Å². The van der Waals surface area contributed by atoms with Crippen LogP contribution >= 0.6 is 11.3 Å². The highest BCUT2D eigenvalue weighted by Gasteiger charge is 2.35. The Kier molecular flexibility index (Phi) is 6.85. The van der Waals surface area contributed by atoms with E-state index in [-0.39, 0.29) is 12.8 Å². The van der Waals surface area contributed by atoms with Crippen LogP contribution in [0, 0.1) is 11.6 Å². The molecule has 0 unspecified atom stereocenters. The second kappa shape index (κ2) is 9.64. The Balaban J connectivity index is 1.45. The number of hydrogen-bond donors (Lipinski definition) is 0. The summed E-state index contributed by atoms with van der Waals surface area (Å²) >= 11 is 1.48. The number of piperidine rings is 1. The number of sulfone groups is 1. The minimum atomic E-state index is -4.10. The molecule has 0 amide bonds. The average Bonchev–Trinajstić information content (AvgIpc) is 3.27. The Bertz CT molecular complexity index is 1220. The van der Waals surface area contributed by atoms with Gasteiger partial charge in [-0.2, -0.15) is 0 Å². The number of halogens is 2. The fraction of sp³-hybridized carbons (Fsp3) is 0.348. The third-order valence-electron chi connectivity index (χ3n) is 5.75. The molecule has 1 aromatic heterocycles. The van der Waals surface area contributed by atoms with Crippen LogP contribution in [0.1, 0.15) is 24.1 Å². The molecular formula is C23H24F2N2O4S2. The molecule has 0 spiro atoms. The predicted molar refractivity (Wildman–Crippen MR) is 123 cm³/mol. The van der Waals surface area contributed by atoms with Gasteiger partial charge in [-0.25, -0.2) is 22.2 Å². The second-order valence-electron chi connectivity index (χ2n) is 7.76. The van der Waals surface area contributed by atoms with Crippen LogP contribution in [-0.2, 0) is 16.3 Å². The SMILES string of the molecule is COc1ccc(OC)c(Cc2csc(N3CCC(S(=O)(=O)c4c(F)cccc4F)CC3)n2)c1. The molecule has 1 aliphatic rings. The summed E-state index contributed by atoms with van der Waals surface area (Å²) in [7, 11) is -0.876. The van der Waals surface area contributed by atoms with Crippen molar-refractivity contribution in [3.8, 4) is 11.5 Å². The van der Waals surface area contributed by atoms with Gasteiger partial charge in [0.25, 0.3) is 0 Å². The molecule has 33 heavy (non-hydrogen) atoms. The van der Waals surface area contributed by atoms with Crippen molar-refractivity contribution in [1.82, 2.24) is 4.98 Å². The van der Waals surface area contributed by atoms with Crippen LogP contribution in [-0.4, -0.2) is 46.0 Å². The molecule has 0 aliphatic carbocycles. The van der Waals surface area contributed by atoms with Gasteiger partial charge in [-0.05, 0) is 43.2 Å². The Morgan fingerprint density at radius 1 is 1.09 bits per heavy atom. The van der Waals surface area contributed by atoms with Gasteiger partial charge in [-0.3, -0.25) is 0 Å². The molecular weight excluding hydrogens is 470 g/mol. The molecule has 1 saturated heterocycles. The molecule has 0 radical (unpaired) electrons. The van der Waals surface area contributed by atoms with Crippen molar-refractivity contribution in [2.75, 3.05) is 32.2 Å². The summed E-state index contributed by atoms with van der Waals surface area (Å²) in [5, 5.41) is 1.92. The highest BCUT2D eigenvalue weighted by molar-refractivity contribution is 7.92. The number of nitrogens with zero attached hydrogens (tertiary/aromatic N) is 2. The predicted octanol–water partition coefficient (Wildman–Crippen LogP) is 4.47. The van der Waals surface area contributed by atoms with Gasteiger partial charge in [0, 0.05) is 30.5 Å². The van der Waals surface area contributed by atoms with Crippen molar-refractivity contribution in [2.24, 2.45) is 0 Å². The van der Waals surface area contributed by atoms with E-state index in [0.717, 1.165) is 46.1 Å². The lowest BCUT2D eigenvalue weighted by Crippen LogP contribution is -2.39. The molecule has 0 saturated carbocycles. The summed E-state index contributed by atoms with van der Waals surface area (Å²) in [5.41, 5.74) is 1.81. The fourth-order valence-electron chi connectivity index (χ4n) is 4.02. The number of aromatic nitrogens is 1. The third kappa shape index (κ3) is 4.81. The molecule has 2 aromatic carbocycles. The van der Waals surface area contributed by atoms with Crippen LogP contribution in [0.25, 0.3) is 0 Å². The van der Waals surface area contributed by atoms with Crippen LogP contribution in [0.3, 0.4) is 0 Å². The number of ether oxygens (including phenoxy) is 2. The van der Waals surface area contributed by atoms with Gasteiger partial charge in [0.2, 0.25) is 0 Å². The maximum Gasteiger partial charge on any atom is 0.187 e. The normalized spacial score (nSPS) is 15.0. The average molecular weight is 495 g/mol. The number of benzene rings is 2. The van der Waals surface area contributed by atoms with Crippen LogP contribution in [0.5, 0.6) is 11.5 Å². The highest BCUT2D eigenvalue weighted by Crippen LogP contribution is 2.32. The Morgan fingerprint density at radius 3 is 2.42 bits per heavy atom. The lowest BCUT2D eigenvalue weighted by molar-refractivity contribution is 0.399. The van der Waals surface area contributed by atoms with Gasteiger partial charge in [0.15, 0.2) is 15.0 Å². The first-order valence-electron chi connectivity index (χ1n) is 10.4. The van der Waals surface area contributed by atoms with E-state index in [0.29, 0.717) is 19.5 Å². The largest absolute Gasteiger partial charge is 0.497 e. The summed E-state index contributed by atoms with van der Waals surface area (Å²) in [4.78, 5) is 5.90. The first kappa shape index (κ1) is 23.4. The van der Waals surface area contributed by atoms with Crippen LogP contribution in [0.4, 0.5) is 13.9 Å². The standard InChI is InChI=1S/C23H24F2N2O4S2/c1-30-17-6-7-21(31-2)15(13-17)12-16-14-32-23(26-16)27-10-8-18(9-11-27)33(28,29)22-19(24)4-3-5-20(22)25/h3-7,13-14,18H,8-12H2,1-2H3. The van der Waals surface area contributed by atoms with E-state index >= 15 is 0 Å². The number of methoxy groups -OCH3 is 2. The van der Waals surface area contributed by atoms with Crippen molar-refractivity contribution in [3.05, 3.63) is 64.7 Å².